The van der Waals surface area contributed by atoms with Crippen LogP contribution in [0.15, 0.2) is 24.3 Å². The number of rotatable bonds is 5. The number of ether oxygens (including phenoxy) is 1. The van der Waals surface area contributed by atoms with Crippen molar-refractivity contribution in [3.8, 4) is 0 Å². The van der Waals surface area contributed by atoms with Crippen molar-refractivity contribution in [3.63, 3.8) is 0 Å². The quantitative estimate of drug-likeness (QED) is 0.403. The molecule has 134 valence electrons. The zero-order valence-corrected chi connectivity index (χ0v) is 15.4. The third kappa shape index (κ3) is 3.86. The summed E-state index contributed by atoms with van der Waals surface area (Å²) in [5, 5.41) is 13.5. The molecule has 0 aliphatic heterocycles. The van der Waals surface area contributed by atoms with Crippen LogP contribution in [0, 0.1) is 24.0 Å². The maximum Gasteiger partial charge on any atom is 0.349 e. The van der Waals surface area contributed by atoms with Crippen LogP contribution in [0.2, 0.25) is 0 Å². The van der Waals surface area contributed by atoms with Gasteiger partial charge in [-0.2, -0.15) is 0 Å². The summed E-state index contributed by atoms with van der Waals surface area (Å²) < 4.78 is 5.84. The van der Waals surface area contributed by atoms with E-state index in [0.29, 0.717) is 16.5 Å². The lowest BCUT2D eigenvalue weighted by Gasteiger charge is -2.02. The van der Waals surface area contributed by atoms with Crippen molar-refractivity contribution in [2.75, 3.05) is 11.9 Å². The molecule has 3 rings (SSSR count). The number of carbonyl (C=O) groups is 2. The van der Waals surface area contributed by atoms with Crippen molar-refractivity contribution in [2.24, 2.45) is 0 Å². The molecule has 1 N–H and O–H groups in total. The Morgan fingerprint density at radius 2 is 2.04 bits per heavy atom. The van der Waals surface area contributed by atoms with Crippen molar-refractivity contribution < 1.29 is 19.2 Å². The van der Waals surface area contributed by atoms with Crippen molar-refractivity contribution in [3.05, 3.63) is 50.4 Å². The predicted octanol–water partition coefficient (Wildman–Crippen LogP) is 3.68. The molecule has 2 aromatic heterocycles. The highest BCUT2D eigenvalue weighted by Gasteiger charge is 2.18. The number of fused-ring (bicyclic) bond motifs is 1. The first-order valence-electron chi connectivity index (χ1n) is 7.42. The fourth-order valence-corrected chi connectivity index (χ4v) is 4.09. The number of anilines is 1. The van der Waals surface area contributed by atoms with Gasteiger partial charge in [-0.1, -0.05) is 28.7 Å². The molecule has 0 spiro atoms. The first kappa shape index (κ1) is 18.0. The highest BCUT2D eigenvalue weighted by atomic mass is 32.1. The number of aromatic nitrogens is 1. The maximum absolute atomic E-state index is 12.0. The van der Waals surface area contributed by atoms with E-state index < -0.39 is 23.4 Å². The lowest BCUT2D eigenvalue weighted by atomic mass is 10.1. The molecule has 2 heterocycles. The second-order valence-corrected chi connectivity index (χ2v) is 7.56. The van der Waals surface area contributed by atoms with Crippen LogP contribution < -0.4 is 5.32 Å². The number of aryl methyl sites for hydroxylation is 2. The highest BCUT2D eigenvalue weighted by Crippen LogP contribution is 2.29. The average molecular weight is 391 g/mol. The zero-order chi connectivity index (χ0) is 18.8. The Hall–Kier alpha value is -2.85. The Balaban J connectivity index is 1.61. The summed E-state index contributed by atoms with van der Waals surface area (Å²) in [7, 11) is 0. The number of carbonyl (C=O) groups excluding carboxylic acids is 2. The zero-order valence-electron chi connectivity index (χ0n) is 13.8. The molecule has 0 aliphatic rings. The minimum atomic E-state index is -0.783. The summed E-state index contributed by atoms with van der Waals surface area (Å²) in [5.74, 6) is -1.31. The van der Waals surface area contributed by atoms with Gasteiger partial charge >= 0.3 is 11.0 Å². The van der Waals surface area contributed by atoms with Crippen LogP contribution in [0.4, 0.5) is 10.1 Å². The van der Waals surface area contributed by atoms with E-state index in [0.717, 1.165) is 21.3 Å². The normalized spacial score (nSPS) is 10.7. The SMILES string of the molecule is Cc1cc(C)c2nc(NC(=O)COC(=O)c3ccc([N+](=O)[O-])s3)sc2c1. The third-order valence-corrected chi connectivity index (χ3v) is 5.32. The van der Waals surface area contributed by atoms with Crippen molar-refractivity contribution in [2.45, 2.75) is 13.8 Å². The Bertz CT molecular complexity index is 1020. The molecule has 8 nitrogen and oxygen atoms in total. The van der Waals surface area contributed by atoms with Gasteiger partial charge in [0, 0.05) is 6.07 Å². The van der Waals surface area contributed by atoms with Crippen molar-refractivity contribution in [1.82, 2.24) is 4.98 Å². The predicted molar refractivity (Wildman–Crippen MR) is 99.0 cm³/mol. The first-order chi connectivity index (χ1) is 12.3. The molecular weight excluding hydrogens is 378 g/mol. The summed E-state index contributed by atoms with van der Waals surface area (Å²) >= 11 is 2.03. The molecule has 0 unspecified atom stereocenters. The van der Waals surface area contributed by atoms with Gasteiger partial charge in [-0.05, 0) is 37.1 Å². The van der Waals surface area contributed by atoms with Gasteiger partial charge in [0.2, 0.25) is 0 Å². The Labute approximate surface area is 155 Å². The van der Waals surface area contributed by atoms with E-state index in [1.807, 2.05) is 26.0 Å². The summed E-state index contributed by atoms with van der Waals surface area (Å²) in [6.07, 6.45) is 0. The summed E-state index contributed by atoms with van der Waals surface area (Å²) in [4.78, 5) is 38.3. The van der Waals surface area contributed by atoms with Crippen LogP contribution in [-0.2, 0) is 9.53 Å². The molecule has 10 heteroatoms. The topological polar surface area (TPSA) is 111 Å². The highest BCUT2D eigenvalue weighted by molar-refractivity contribution is 7.22. The number of nitrogens with one attached hydrogen (secondary N) is 1. The van der Waals surface area contributed by atoms with Crippen molar-refractivity contribution >= 4 is 54.9 Å². The minimum absolute atomic E-state index is 0.0654. The smallest absolute Gasteiger partial charge is 0.349 e. The standard InChI is InChI=1S/C16H13N3O5S2/c1-8-5-9(2)14-11(6-8)26-16(18-14)17-12(20)7-24-15(21)10-3-4-13(25-10)19(22)23/h3-6H,7H2,1-2H3,(H,17,18,20). The van der Waals surface area contributed by atoms with Gasteiger partial charge in [-0.25, -0.2) is 9.78 Å². The number of thiazole rings is 1. The molecule has 0 bridgehead atoms. The third-order valence-electron chi connectivity index (χ3n) is 3.38. The van der Waals surface area contributed by atoms with Crippen LogP contribution in [0.25, 0.3) is 10.2 Å². The molecule has 0 atom stereocenters. The molecule has 26 heavy (non-hydrogen) atoms. The maximum atomic E-state index is 12.0. The molecule has 0 saturated carbocycles. The van der Waals surface area contributed by atoms with Gasteiger partial charge < -0.3 is 4.74 Å². The number of amides is 1. The molecule has 0 saturated heterocycles. The Kier molecular flexibility index (Phi) is 4.96. The summed E-state index contributed by atoms with van der Waals surface area (Å²) in [6.45, 7) is 3.43. The number of benzene rings is 1. The fourth-order valence-electron chi connectivity index (χ4n) is 2.32. The van der Waals surface area contributed by atoms with Crippen LogP contribution in [0.3, 0.4) is 0 Å². The van der Waals surface area contributed by atoms with E-state index in [-0.39, 0.29) is 9.88 Å². The van der Waals surface area contributed by atoms with Crippen LogP contribution in [0.1, 0.15) is 20.8 Å². The summed E-state index contributed by atoms with van der Waals surface area (Å²) in [5.41, 5.74) is 2.94. The molecule has 0 radical (unpaired) electrons. The molecule has 3 aromatic rings. The Morgan fingerprint density at radius 1 is 1.27 bits per heavy atom. The number of hydrogen-bond acceptors (Lipinski definition) is 8. The minimum Gasteiger partial charge on any atom is -0.451 e. The molecule has 1 aromatic carbocycles. The van der Waals surface area contributed by atoms with Crippen LogP contribution >= 0.6 is 22.7 Å². The van der Waals surface area contributed by atoms with Gasteiger partial charge in [0.25, 0.3) is 5.91 Å². The lowest BCUT2D eigenvalue weighted by molar-refractivity contribution is -0.380. The van der Waals surface area contributed by atoms with Gasteiger partial charge in [-0.15, -0.1) is 0 Å². The Morgan fingerprint density at radius 3 is 2.73 bits per heavy atom. The fraction of sp³-hybridized carbons (Fsp3) is 0.188. The van der Waals surface area contributed by atoms with Gasteiger partial charge in [-0.3, -0.25) is 20.2 Å². The molecule has 1 amide bonds. The lowest BCUT2D eigenvalue weighted by Crippen LogP contribution is -2.20. The van der Waals surface area contributed by atoms with E-state index >= 15 is 0 Å². The number of hydrogen-bond donors (Lipinski definition) is 1. The van der Waals surface area contributed by atoms with E-state index in [1.165, 1.54) is 23.5 Å². The van der Waals surface area contributed by atoms with Crippen LogP contribution in [0.5, 0.6) is 0 Å². The number of nitro groups is 1. The van der Waals surface area contributed by atoms with Crippen LogP contribution in [-0.4, -0.2) is 28.4 Å². The van der Waals surface area contributed by atoms with E-state index in [4.69, 9.17) is 4.74 Å². The van der Waals surface area contributed by atoms with E-state index in [9.17, 15) is 19.7 Å². The first-order valence-corrected chi connectivity index (χ1v) is 9.06. The number of esters is 1. The largest absolute Gasteiger partial charge is 0.451 e. The van der Waals surface area contributed by atoms with E-state index in [1.54, 1.807) is 0 Å². The summed E-state index contributed by atoms with van der Waals surface area (Å²) in [6, 6.07) is 6.50. The van der Waals surface area contributed by atoms with Gasteiger partial charge in [0.15, 0.2) is 11.7 Å². The van der Waals surface area contributed by atoms with Gasteiger partial charge in [0.05, 0.1) is 15.1 Å². The molecule has 0 aliphatic carbocycles. The van der Waals surface area contributed by atoms with Gasteiger partial charge in [0.1, 0.15) is 4.88 Å². The molecular formula is C16H13N3O5S2. The monoisotopic (exact) mass is 391 g/mol. The second kappa shape index (κ2) is 7.18. The second-order valence-electron chi connectivity index (χ2n) is 5.47. The van der Waals surface area contributed by atoms with Crippen molar-refractivity contribution in [1.29, 1.82) is 0 Å². The molecule has 0 fully saturated rings. The number of thiophene rings is 1. The number of nitrogens with zero attached hydrogens (tertiary/aromatic N) is 2. The average Bonchev–Trinajstić information content (AvgIpc) is 3.19. The van der Waals surface area contributed by atoms with E-state index in [2.05, 4.69) is 10.3 Å².